The molecule has 0 spiro atoms. The summed E-state index contributed by atoms with van der Waals surface area (Å²) in [5, 5.41) is 4.60. The van der Waals surface area contributed by atoms with Gasteiger partial charge in [-0.3, -0.25) is 4.79 Å². The molecule has 1 saturated heterocycles. The summed E-state index contributed by atoms with van der Waals surface area (Å²) in [6.45, 7) is 2.85. The van der Waals surface area contributed by atoms with Crippen LogP contribution in [0, 0.1) is 11.3 Å². The van der Waals surface area contributed by atoms with Crippen molar-refractivity contribution in [2.45, 2.75) is 38.0 Å². The predicted molar refractivity (Wildman–Crippen MR) is 113 cm³/mol. The molecule has 5 heteroatoms. The Morgan fingerprint density at radius 2 is 1.93 bits per heavy atom. The number of methoxy groups -OCH3 is 1. The van der Waals surface area contributed by atoms with Crippen molar-refractivity contribution in [3.8, 4) is 5.75 Å². The van der Waals surface area contributed by atoms with E-state index in [1.54, 1.807) is 7.11 Å². The van der Waals surface area contributed by atoms with Gasteiger partial charge in [-0.25, -0.2) is 0 Å². The molecule has 2 aliphatic rings. The fourth-order valence-electron chi connectivity index (χ4n) is 5.42. The molecule has 0 radical (unpaired) electrons. The molecule has 3 nitrogen and oxygen atoms in total. The first-order valence-electron chi connectivity index (χ1n) is 9.87. The number of fused-ring (bicyclic) bond motifs is 1. The minimum Gasteiger partial charge on any atom is -0.497 e. The zero-order valence-corrected chi connectivity index (χ0v) is 17.7. The Bertz CT molecular complexity index is 883. The number of amides is 1. The van der Waals surface area contributed by atoms with Crippen molar-refractivity contribution in [2.75, 3.05) is 13.7 Å². The van der Waals surface area contributed by atoms with Crippen LogP contribution in [0.4, 0.5) is 0 Å². The van der Waals surface area contributed by atoms with Crippen molar-refractivity contribution in [1.29, 1.82) is 0 Å². The third kappa shape index (κ3) is 3.09. The van der Waals surface area contributed by atoms with Gasteiger partial charge in [-0.15, -0.1) is 0 Å². The zero-order valence-electron chi connectivity index (χ0n) is 16.2. The molecular formula is C23H25Cl2NO2. The Balaban J connectivity index is 1.82. The average molecular weight is 418 g/mol. The Labute approximate surface area is 176 Å². The molecule has 4 atom stereocenters. The number of nitrogens with one attached hydrogen (secondary N) is 1. The van der Waals surface area contributed by atoms with Gasteiger partial charge in [0.2, 0.25) is 5.91 Å². The molecule has 1 saturated carbocycles. The van der Waals surface area contributed by atoms with Gasteiger partial charge >= 0.3 is 0 Å². The summed E-state index contributed by atoms with van der Waals surface area (Å²) in [5.74, 6) is 1.65. The molecule has 2 aromatic rings. The van der Waals surface area contributed by atoms with E-state index in [4.69, 9.17) is 27.9 Å². The molecule has 1 aliphatic carbocycles. The summed E-state index contributed by atoms with van der Waals surface area (Å²) in [6, 6.07) is 14.0. The van der Waals surface area contributed by atoms with Gasteiger partial charge in [0.05, 0.1) is 12.5 Å². The lowest BCUT2D eigenvalue weighted by Crippen LogP contribution is -2.42. The largest absolute Gasteiger partial charge is 0.497 e. The van der Waals surface area contributed by atoms with E-state index in [9.17, 15) is 4.79 Å². The summed E-state index contributed by atoms with van der Waals surface area (Å²) in [7, 11) is 1.65. The van der Waals surface area contributed by atoms with Gasteiger partial charge < -0.3 is 10.1 Å². The van der Waals surface area contributed by atoms with E-state index >= 15 is 0 Å². The molecule has 2 fully saturated rings. The highest BCUT2D eigenvalue weighted by molar-refractivity contribution is 6.31. The van der Waals surface area contributed by atoms with Gasteiger partial charge in [0, 0.05) is 16.6 Å². The molecule has 0 aromatic heterocycles. The number of rotatable bonds is 4. The average Bonchev–Trinajstić information content (AvgIpc) is 3.05. The first kappa shape index (κ1) is 19.6. The van der Waals surface area contributed by atoms with Gasteiger partial charge in [0.15, 0.2) is 0 Å². The van der Waals surface area contributed by atoms with Crippen LogP contribution in [0.25, 0.3) is 0 Å². The minimum atomic E-state index is -0.292. The van der Waals surface area contributed by atoms with Gasteiger partial charge in [-0.2, -0.15) is 0 Å². The van der Waals surface area contributed by atoms with Crippen LogP contribution in [-0.4, -0.2) is 19.6 Å². The number of benzene rings is 2. The lowest BCUT2D eigenvalue weighted by atomic mass is 9.55. The topological polar surface area (TPSA) is 38.3 Å². The number of hydrogen-bond acceptors (Lipinski definition) is 2. The van der Waals surface area contributed by atoms with Crippen molar-refractivity contribution in [1.82, 2.24) is 5.32 Å². The van der Waals surface area contributed by atoms with Crippen LogP contribution in [-0.2, 0) is 4.79 Å². The van der Waals surface area contributed by atoms with E-state index < -0.39 is 0 Å². The van der Waals surface area contributed by atoms with Gasteiger partial charge in [-0.1, -0.05) is 48.3 Å². The maximum atomic E-state index is 12.8. The second kappa shape index (κ2) is 7.61. The first-order valence-corrected chi connectivity index (χ1v) is 10.6. The molecule has 1 N–H and O–H groups in total. The van der Waals surface area contributed by atoms with E-state index in [-0.39, 0.29) is 29.1 Å². The summed E-state index contributed by atoms with van der Waals surface area (Å²) < 4.78 is 5.33. The molecule has 2 aromatic carbocycles. The van der Waals surface area contributed by atoms with Crippen LogP contribution in [0.15, 0.2) is 42.5 Å². The molecule has 4 rings (SSSR count). The van der Waals surface area contributed by atoms with Crippen LogP contribution in [0.2, 0.25) is 10.0 Å². The van der Waals surface area contributed by atoms with Gasteiger partial charge in [0.1, 0.15) is 5.75 Å². The van der Waals surface area contributed by atoms with Crippen LogP contribution in [0.3, 0.4) is 0 Å². The Hall–Kier alpha value is -1.71. The Morgan fingerprint density at radius 1 is 1.18 bits per heavy atom. The fraction of sp³-hybridized carbons (Fsp3) is 0.435. The van der Waals surface area contributed by atoms with Crippen LogP contribution >= 0.6 is 23.2 Å². The molecule has 148 valence electrons. The number of carbonyl (C=O) groups excluding carboxylic acids is 1. The highest BCUT2D eigenvalue weighted by atomic mass is 35.5. The standard InChI is InChI=1S/C23H25Cl2NO2/c1-3-23-11-10-18(17-9-8-16(28-2)12-20(17)25)21(19(23)13-26-22(23)27)14-4-6-15(24)7-5-14/h4-9,12,18-19,21H,3,10-11,13H2,1-2H3,(H,26,27). The SMILES string of the molecule is CCC12CCC(c3ccc(OC)cc3Cl)C(c3ccc(Cl)cc3)C1CNC2=O. The van der Waals surface area contributed by atoms with Crippen molar-refractivity contribution in [2.24, 2.45) is 11.3 Å². The third-order valence-electron chi connectivity index (χ3n) is 6.91. The first-order chi connectivity index (χ1) is 13.5. The van der Waals surface area contributed by atoms with Gasteiger partial charge in [-0.05, 0) is 72.4 Å². The molecule has 28 heavy (non-hydrogen) atoms. The number of halogens is 2. The van der Waals surface area contributed by atoms with E-state index in [0.29, 0.717) is 6.54 Å². The van der Waals surface area contributed by atoms with E-state index in [0.717, 1.165) is 40.6 Å². The normalized spacial score (nSPS) is 29.3. The highest BCUT2D eigenvalue weighted by Gasteiger charge is 2.56. The predicted octanol–water partition coefficient (Wildman–Crippen LogP) is 5.81. The Morgan fingerprint density at radius 3 is 2.57 bits per heavy atom. The van der Waals surface area contributed by atoms with E-state index in [2.05, 4.69) is 30.4 Å². The summed E-state index contributed by atoms with van der Waals surface area (Å²) in [6.07, 6.45) is 2.67. The van der Waals surface area contributed by atoms with Crippen molar-refractivity contribution in [3.05, 3.63) is 63.6 Å². The monoisotopic (exact) mass is 417 g/mol. The molecule has 1 heterocycles. The van der Waals surface area contributed by atoms with Gasteiger partial charge in [0.25, 0.3) is 0 Å². The highest BCUT2D eigenvalue weighted by Crippen LogP contribution is 2.58. The lowest BCUT2D eigenvalue weighted by Gasteiger charge is -2.46. The lowest BCUT2D eigenvalue weighted by molar-refractivity contribution is -0.131. The zero-order chi connectivity index (χ0) is 19.9. The molecule has 0 bridgehead atoms. The number of carbonyl (C=O) groups is 1. The summed E-state index contributed by atoms with van der Waals surface area (Å²) in [4.78, 5) is 12.8. The minimum absolute atomic E-state index is 0.204. The maximum absolute atomic E-state index is 12.8. The van der Waals surface area contributed by atoms with E-state index in [1.165, 1.54) is 5.56 Å². The summed E-state index contributed by atoms with van der Waals surface area (Å²) in [5.41, 5.74) is 2.06. The molecule has 1 aliphatic heterocycles. The smallest absolute Gasteiger partial charge is 0.226 e. The quantitative estimate of drug-likeness (QED) is 0.681. The van der Waals surface area contributed by atoms with Crippen molar-refractivity contribution < 1.29 is 9.53 Å². The number of hydrogen-bond donors (Lipinski definition) is 1. The Kier molecular flexibility index (Phi) is 5.32. The van der Waals surface area contributed by atoms with Crippen molar-refractivity contribution in [3.63, 3.8) is 0 Å². The second-order valence-electron chi connectivity index (χ2n) is 7.94. The van der Waals surface area contributed by atoms with E-state index in [1.807, 2.05) is 24.3 Å². The van der Waals surface area contributed by atoms with Crippen molar-refractivity contribution >= 4 is 29.1 Å². The molecular weight excluding hydrogens is 393 g/mol. The fourth-order valence-corrected chi connectivity index (χ4v) is 5.86. The maximum Gasteiger partial charge on any atom is 0.226 e. The third-order valence-corrected chi connectivity index (χ3v) is 7.49. The summed E-state index contributed by atoms with van der Waals surface area (Å²) >= 11 is 12.8. The van der Waals surface area contributed by atoms with Crippen LogP contribution < -0.4 is 10.1 Å². The molecule has 4 unspecified atom stereocenters. The molecule has 1 amide bonds. The second-order valence-corrected chi connectivity index (χ2v) is 8.78. The van der Waals surface area contributed by atoms with Crippen LogP contribution in [0.1, 0.15) is 49.1 Å². The number of ether oxygens (including phenoxy) is 1. The van der Waals surface area contributed by atoms with Crippen LogP contribution in [0.5, 0.6) is 5.75 Å².